The van der Waals surface area contributed by atoms with Crippen LogP contribution in [0.15, 0.2) is 42.5 Å². The van der Waals surface area contributed by atoms with Crippen LogP contribution in [0.5, 0.6) is 11.5 Å². The van der Waals surface area contributed by atoms with Crippen molar-refractivity contribution in [2.75, 3.05) is 26.4 Å². The van der Waals surface area contributed by atoms with Crippen LogP contribution in [0.2, 0.25) is 0 Å². The molecule has 8 heteroatoms. The maximum absolute atomic E-state index is 13.8. The maximum Gasteiger partial charge on any atom is 0.248 e. The Hall–Kier alpha value is -3.52. The van der Waals surface area contributed by atoms with Gasteiger partial charge in [0.1, 0.15) is 12.1 Å². The molecule has 3 aromatic rings. The fourth-order valence-corrected chi connectivity index (χ4v) is 5.73. The third-order valence-corrected chi connectivity index (χ3v) is 7.19. The number of piperazine rings is 2. The molecule has 2 fully saturated rings. The SMILES string of the molecule is O=C1C2Cc3c([nH]c4ccccc34)[C@@H](c3ccc4c(c3)OCO4)N2C(=O)C2CNCCN12. The third kappa shape index (κ3) is 2.35. The number of benzene rings is 2. The highest BCUT2D eigenvalue weighted by Gasteiger charge is 2.52. The Morgan fingerprint density at radius 2 is 1.84 bits per heavy atom. The van der Waals surface area contributed by atoms with Crippen LogP contribution >= 0.6 is 0 Å². The average Bonchev–Trinajstić information content (AvgIpc) is 3.45. The van der Waals surface area contributed by atoms with Crippen LogP contribution in [0, 0.1) is 0 Å². The van der Waals surface area contributed by atoms with Crippen molar-refractivity contribution in [2.24, 2.45) is 0 Å². The van der Waals surface area contributed by atoms with Crippen LogP contribution in [-0.4, -0.2) is 65.1 Å². The van der Waals surface area contributed by atoms with Gasteiger partial charge in [0.15, 0.2) is 11.5 Å². The lowest BCUT2D eigenvalue weighted by Gasteiger charge is -2.51. The first-order valence-corrected chi connectivity index (χ1v) is 11.0. The van der Waals surface area contributed by atoms with E-state index in [1.807, 2.05) is 41.3 Å². The van der Waals surface area contributed by atoms with Crippen molar-refractivity contribution in [3.8, 4) is 11.5 Å². The normalized spacial score (nSPS) is 26.2. The number of nitrogens with one attached hydrogen (secondary N) is 2. The Balaban J connectivity index is 1.45. The Kier molecular flexibility index (Phi) is 3.67. The topological polar surface area (TPSA) is 86.9 Å². The minimum atomic E-state index is -0.515. The predicted octanol–water partition coefficient (Wildman–Crippen LogP) is 1.55. The van der Waals surface area contributed by atoms with Gasteiger partial charge in [-0.25, -0.2) is 0 Å². The van der Waals surface area contributed by atoms with Crippen molar-refractivity contribution in [2.45, 2.75) is 24.5 Å². The smallest absolute Gasteiger partial charge is 0.248 e. The van der Waals surface area contributed by atoms with Gasteiger partial charge in [-0.3, -0.25) is 9.59 Å². The lowest BCUT2D eigenvalue weighted by Crippen LogP contribution is -2.71. The van der Waals surface area contributed by atoms with Gasteiger partial charge in [-0.1, -0.05) is 24.3 Å². The summed E-state index contributed by atoms with van der Waals surface area (Å²) < 4.78 is 11.1. The Bertz CT molecular complexity index is 1280. The van der Waals surface area contributed by atoms with Crippen molar-refractivity contribution in [3.63, 3.8) is 0 Å². The maximum atomic E-state index is 13.8. The van der Waals surface area contributed by atoms with E-state index in [-0.39, 0.29) is 18.6 Å². The summed E-state index contributed by atoms with van der Waals surface area (Å²) in [5, 5.41) is 4.38. The second kappa shape index (κ2) is 6.49. The van der Waals surface area contributed by atoms with E-state index in [0.717, 1.165) is 27.7 Å². The number of hydrogen-bond donors (Lipinski definition) is 2. The highest BCUT2D eigenvalue weighted by atomic mass is 16.7. The molecule has 162 valence electrons. The predicted molar refractivity (Wildman–Crippen MR) is 115 cm³/mol. The highest BCUT2D eigenvalue weighted by molar-refractivity contribution is 5.99. The van der Waals surface area contributed by atoms with Crippen LogP contribution < -0.4 is 14.8 Å². The van der Waals surface area contributed by atoms with E-state index in [1.54, 1.807) is 4.90 Å². The van der Waals surface area contributed by atoms with Crippen molar-refractivity contribution in [1.29, 1.82) is 0 Å². The molecule has 3 atom stereocenters. The molecule has 4 aliphatic rings. The first-order valence-electron chi connectivity index (χ1n) is 11.0. The summed E-state index contributed by atoms with van der Waals surface area (Å²) >= 11 is 0. The lowest BCUT2D eigenvalue weighted by atomic mass is 9.84. The second-order valence-electron chi connectivity index (χ2n) is 8.80. The number of H-pyrrole nitrogens is 1. The second-order valence-corrected chi connectivity index (χ2v) is 8.80. The molecule has 2 unspecified atom stereocenters. The van der Waals surface area contributed by atoms with Gasteiger partial charge in [-0.05, 0) is 29.3 Å². The molecular formula is C24H22N4O4. The van der Waals surface area contributed by atoms with Crippen LogP contribution in [0.4, 0.5) is 0 Å². The van der Waals surface area contributed by atoms with E-state index in [0.29, 0.717) is 37.6 Å². The standard InChI is InChI=1S/C24H22N4O4/c29-23-17-10-15-14-3-1-2-4-16(14)26-21(15)22(13-5-6-19-20(9-13)32-12-31-19)28(17)24(30)18-11-25-7-8-27(18)23/h1-6,9,17-18,22,25-26H,7-8,10-12H2/t17?,18?,22-/m1/s1. The zero-order chi connectivity index (χ0) is 21.4. The summed E-state index contributed by atoms with van der Waals surface area (Å²) in [6.07, 6.45) is 0.515. The molecule has 32 heavy (non-hydrogen) atoms. The summed E-state index contributed by atoms with van der Waals surface area (Å²) in [6.45, 7) is 1.95. The molecule has 8 nitrogen and oxygen atoms in total. The van der Waals surface area contributed by atoms with Crippen molar-refractivity contribution < 1.29 is 19.1 Å². The number of ether oxygens (including phenoxy) is 2. The van der Waals surface area contributed by atoms with Gasteiger partial charge in [0.25, 0.3) is 0 Å². The van der Waals surface area contributed by atoms with Gasteiger partial charge in [0, 0.05) is 42.7 Å². The summed E-state index contributed by atoms with van der Waals surface area (Å²) in [7, 11) is 0. The van der Waals surface area contributed by atoms with Crippen LogP contribution in [0.3, 0.4) is 0 Å². The monoisotopic (exact) mass is 430 g/mol. The van der Waals surface area contributed by atoms with Gasteiger partial charge in [-0.2, -0.15) is 0 Å². The molecule has 1 aromatic heterocycles. The third-order valence-electron chi connectivity index (χ3n) is 7.19. The number of carbonyl (C=O) groups excluding carboxylic acids is 2. The summed E-state index contributed by atoms with van der Waals surface area (Å²) in [6, 6.07) is 12.6. The fourth-order valence-electron chi connectivity index (χ4n) is 5.73. The van der Waals surface area contributed by atoms with E-state index in [4.69, 9.17) is 9.47 Å². The van der Waals surface area contributed by atoms with Gasteiger partial charge in [0.2, 0.25) is 18.6 Å². The van der Waals surface area contributed by atoms with Gasteiger partial charge in [0.05, 0.1) is 6.04 Å². The minimum Gasteiger partial charge on any atom is -0.454 e. The van der Waals surface area contributed by atoms with Crippen LogP contribution in [-0.2, 0) is 16.0 Å². The molecule has 5 heterocycles. The molecule has 0 bridgehead atoms. The first-order chi connectivity index (χ1) is 15.7. The van der Waals surface area contributed by atoms with E-state index in [1.165, 1.54) is 0 Å². The minimum absolute atomic E-state index is 0.00577. The number of fused-ring (bicyclic) bond motifs is 6. The number of rotatable bonds is 1. The lowest BCUT2D eigenvalue weighted by molar-refractivity contribution is -0.165. The summed E-state index contributed by atoms with van der Waals surface area (Å²) in [5.41, 5.74) is 4.01. The molecule has 0 saturated carbocycles. The fraction of sp³-hybridized carbons (Fsp3) is 0.333. The van der Waals surface area contributed by atoms with Crippen LogP contribution in [0.25, 0.3) is 10.9 Å². The van der Waals surface area contributed by atoms with Gasteiger partial charge >= 0.3 is 0 Å². The zero-order valence-electron chi connectivity index (χ0n) is 17.3. The van der Waals surface area contributed by atoms with Crippen molar-refractivity contribution in [1.82, 2.24) is 20.1 Å². The number of aromatic nitrogens is 1. The molecule has 2 saturated heterocycles. The molecule has 2 amide bonds. The van der Waals surface area contributed by atoms with Gasteiger partial charge < -0.3 is 29.6 Å². The largest absolute Gasteiger partial charge is 0.454 e. The number of amides is 2. The summed E-state index contributed by atoms with van der Waals surface area (Å²) in [5.74, 6) is 1.40. The van der Waals surface area contributed by atoms with Gasteiger partial charge in [-0.15, -0.1) is 0 Å². The molecular weight excluding hydrogens is 408 g/mol. The highest BCUT2D eigenvalue weighted by Crippen LogP contribution is 2.45. The Morgan fingerprint density at radius 1 is 0.969 bits per heavy atom. The molecule has 0 spiro atoms. The van der Waals surface area contributed by atoms with E-state index >= 15 is 0 Å². The molecule has 4 aliphatic heterocycles. The molecule has 0 radical (unpaired) electrons. The van der Waals surface area contributed by atoms with Crippen molar-refractivity contribution in [3.05, 3.63) is 59.3 Å². The average molecular weight is 430 g/mol. The number of carbonyl (C=O) groups is 2. The van der Waals surface area contributed by atoms with Crippen LogP contribution in [0.1, 0.15) is 22.9 Å². The number of aromatic amines is 1. The summed E-state index contributed by atoms with van der Waals surface area (Å²) in [4.78, 5) is 34.6. The zero-order valence-corrected chi connectivity index (χ0v) is 17.3. The molecule has 2 aromatic carbocycles. The molecule has 0 aliphatic carbocycles. The van der Waals surface area contributed by atoms with Crippen molar-refractivity contribution >= 4 is 22.7 Å². The Morgan fingerprint density at radius 3 is 2.78 bits per heavy atom. The van der Waals surface area contributed by atoms with E-state index < -0.39 is 18.1 Å². The van der Waals surface area contributed by atoms with E-state index in [2.05, 4.69) is 16.4 Å². The first kappa shape index (κ1) is 18.1. The quantitative estimate of drug-likeness (QED) is 0.612. The Labute approximate surface area is 184 Å². The number of hydrogen-bond acceptors (Lipinski definition) is 5. The van der Waals surface area contributed by atoms with E-state index in [9.17, 15) is 9.59 Å². The number of para-hydroxylation sites is 1. The number of nitrogens with zero attached hydrogens (tertiary/aromatic N) is 2. The molecule has 2 N–H and O–H groups in total. The molecule has 7 rings (SSSR count).